The maximum absolute atomic E-state index is 4.26. The number of aromatic nitrogens is 2. The number of aryl methyl sites for hydroxylation is 1. The van der Waals surface area contributed by atoms with Crippen LogP contribution in [0.4, 0.5) is 0 Å². The van der Waals surface area contributed by atoms with Crippen LogP contribution in [0.15, 0.2) is 6.20 Å². The van der Waals surface area contributed by atoms with Crippen LogP contribution in [-0.4, -0.2) is 40.9 Å². The van der Waals surface area contributed by atoms with Crippen LogP contribution in [0, 0.1) is 6.92 Å². The van der Waals surface area contributed by atoms with Crippen molar-refractivity contribution in [3.8, 4) is 0 Å². The molecule has 0 aromatic carbocycles. The standard InChI is InChI=1S/C14H26N4/c1-13-14(12-16-17(13)2)11-15-7-6-10-18-8-4-3-5-9-18/h12,15H,3-11H2,1-2H3. The minimum atomic E-state index is 0.944. The van der Waals surface area contributed by atoms with Gasteiger partial charge in [-0.1, -0.05) is 6.42 Å². The topological polar surface area (TPSA) is 33.1 Å². The molecule has 0 radical (unpaired) electrons. The van der Waals surface area contributed by atoms with Crippen LogP contribution in [0.3, 0.4) is 0 Å². The van der Waals surface area contributed by atoms with E-state index in [1.54, 1.807) is 0 Å². The summed E-state index contributed by atoms with van der Waals surface area (Å²) in [6, 6.07) is 0. The molecule has 4 heteroatoms. The van der Waals surface area contributed by atoms with Gasteiger partial charge in [-0.25, -0.2) is 0 Å². The molecule has 0 amide bonds. The lowest BCUT2D eigenvalue weighted by atomic mass is 10.1. The van der Waals surface area contributed by atoms with Crippen molar-refractivity contribution in [2.75, 3.05) is 26.2 Å². The van der Waals surface area contributed by atoms with Crippen molar-refractivity contribution in [2.45, 2.75) is 39.2 Å². The second-order valence-electron chi connectivity index (χ2n) is 5.31. The predicted molar refractivity (Wildman–Crippen MR) is 74.6 cm³/mol. The molecule has 0 unspecified atom stereocenters. The smallest absolute Gasteiger partial charge is 0.0537 e. The third-order valence-corrected chi connectivity index (χ3v) is 3.93. The highest BCUT2D eigenvalue weighted by atomic mass is 15.3. The number of nitrogens with zero attached hydrogens (tertiary/aromatic N) is 3. The quantitative estimate of drug-likeness (QED) is 0.780. The van der Waals surface area contributed by atoms with Gasteiger partial charge >= 0.3 is 0 Å². The molecule has 1 aromatic heterocycles. The van der Waals surface area contributed by atoms with Crippen molar-refractivity contribution < 1.29 is 0 Å². The third-order valence-electron chi connectivity index (χ3n) is 3.93. The summed E-state index contributed by atoms with van der Waals surface area (Å²) < 4.78 is 1.94. The molecule has 1 aliphatic rings. The molecule has 0 aliphatic carbocycles. The Morgan fingerprint density at radius 1 is 1.28 bits per heavy atom. The Hall–Kier alpha value is -0.870. The van der Waals surface area contributed by atoms with Gasteiger partial charge in [-0.3, -0.25) is 4.68 Å². The van der Waals surface area contributed by atoms with Gasteiger partial charge in [0.1, 0.15) is 0 Å². The van der Waals surface area contributed by atoms with Crippen LogP contribution >= 0.6 is 0 Å². The molecule has 0 spiro atoms. The van der Waals surface area contributed by atoms with Gasteiger partial charge in [0.15, 0.2) is 0 Å². The summed E-state index contributed by atoms with van der Waals surface area (Å²) in [6.07, 6.45) is 7.42. The van der Waals surface area contributed by atoms with Crippen LogP contribution in [0.25, 0.3) is 0 Å². The summed E-state index contributed by atoms with van der Waals surface area (Å²) in [7, 11) is 2.00. The fraction of sp³-hybridized carbons (Fsp3) is 0.786. The van der Waals surface area contributed by atoms with E-state index in [4.69, 9.17) is 0 Å². The average molecular weight is 250 g/mol. The predicted octanol–water partition coefficient (Wildman–Crippen LogP) is 1.69. The first-order chi connectivity index (χ1) is 8.77. The number of hydrogen-bond acceptors (Lipinski definition) is 3. The van der Waals surface area contributed by atoms with E-state index in [1.807, 2.05) is 17.9 Å². The maximum Gasteiger partial charge on any atom is 0.0537 e. The van der Waals surface area contributed by atoms with Crippen LogP contribution in [0.2, 0.25) is 0 Å². The minimum Gasteiger partial charge on any atom is -0.312 e. The van der Waals surface area contributed by atoms with Gasteiger partial charge in [0.25, 0.3) is 0 Å². The highest BCUT2D eigenvalue weighted by molar-refractivity contribution is 5.15. The fourth-order valence-corrected chi connectivity index (χ4v) is 2.55. The average Bonchev–Trinajstić information content (AvgIpc) is 2.71. The molecule has 0 saturated carbocycles. The Balaban J connectivity index is 1.57. The van der Waals surface area contributed by atoms with Crippen LogP contribution in [0.5, 0.6) is 0 Å². The first-order valence-corrected chi connectivity index (χ1v) is 7.18. The van der Waals surface area contributed by atoms with Gasteiger partial charge in [-0.15, -0.1) is 0 Å². The van der Waals surface area contributed by atoms with Gasteiger partial charge in [-0.05, 0) is 52.4 Å². The normalized spacial score (nSPS) is 17.2. The summed E-state index contributed by atoms with van der Waals surface area (Å²) >= 11 is 0. The van der Waals surface area contributed by atoms with E-state index >= 15 is 0 Å². The zero-order chi connectivity index (χ0) is 12.8. The molecule has 18 heavy (non-hydrogen) atoms. The second kappa shape index (κ2) is 6.90. The molecule has 2 rings (SSSR count). The second-order valence-corrected chi connectivity index (χ2v) is 5.31. The molecule has 0 bridgehead atoms. The Bertz CT molecular complexity index is 353. The summed E-state index contributed by atoms with van der Waals surface area (Å²) in [6.45, 7) is 8.03. The first-order valence-electron chi connectivity index (χ1n) is 7.18. The molecule has 1 saturated heterocycles. The molecular formula is C14H26N4. The Morgan fingerprint density at radius 3 is 2.72 bits per heavy atom. The lowest BCUT2D eigenvalue weighted by Gasteiger charge is -2.26. The van der Waals surface area contributed by atoms with Crippen molar-refractivity contribution in [3.05, 3.63) is 17.5 Å². The van der Waals surface area contributed by atoms with E-state index in [9.17, 15) is 0 Å². The third kappa shape index (κ3) is 3.82. The summed E-state index contributed by atoms with van der Waals surface area (Å²) in [5.41, 5.74) is 2.58. The largest absolute Gasteiger partial charge is 0.312 e. The van der Waals surface area contributed by atoms with E-state index in [0.29, 0.717) is 0 Å². The molecule has 1 aliphatic heterocycles. The van der Waals surface area contributed by atoms with Gasteiger partial charge in [-0.2, -0.15) is 5.10 Å². The Morgan fingerprint density at radius 2 is 2.06 bits per heavy atom. The Kier molecular flexibility index (Phi) is 5.20. The molecule has 102 valence electrons. The molecule has 1 fully saturated rings. The summed E-state index contributed by atoms with van der Waals surface area (Å²) in [5.74, 6) is 0. The van der Waals surface area contributed by atoms with E-state index in [-0.39, 0.29) is 0 Å². The first kappa shape index (κ1) is 13.6. The van der Waals surface area contributed by atoms with E-state index in [2.05, 4.69) is 22.2 Å². The highest BCUT2D eigenvalue weighted by Crippen LogP contribution is 2.08. The highest BCUT2D eigenvalue weighted by Gasteiger charge is 2.08. The zero-order valence-electron chi connectivity index (χ0n) is 11.8. The SMILES string of the molecule is Cc1c(CNCCCN2CCCCC2)cnn1C. The zero-order valence-corrected chi connectivity index (χ0v) is 11.8. The van der Waals surface area contributed by atoms with Crippen molar-refractivity contribution in [3.63, 3.8) is 0 Å². The van der Waals surface area contributed by atoms with Gasteiger partial charge in [0.2, 0.25) is 0 Å². The van der Waals surface area contributed by atoms with Crippen LogP contribution in [0.1, 0.15) is 36.9 Å². The van der Waals surface area contributed by atoms with E-state index in [1.165, 1.54) is 56.6 Å². The lowest BCUT2D eigenvalue weighted by Crippen LogP contribution is -2.32. The van der Waals surface area contributed by atoms with E-state index < -0.39 is 0 Å². The Labute approximate surface area is 110 Å². The minimum absolute atomic E-state index is 0.944. The molecule has 1 N–H and O–H groups in total. The van der Waals surface area contributed by atoms with Crippen molar-refractivity contribution >= 4 is 0 Å². The summed E-state index contributed by atoms with van der Waals surface area (Å²) in [4.78, 5) is 2.60. The molecule has 2 heterocycles. The van der Waals surface area contributed by atoms with Crippen molar-refractivity contribution in [1.29, 1.82) is 0 Å². The van der Waals surface area contributed by atoms with E-state index in [0.717, 1.165) is 13.1 Å². The molecule has 0 atom stereocenters. The van der Waals surface area contributed by atoms with Crippen molar-refractivity contribution in [2.24, 2.45) is 7.05 Å². The van der Waals surface area contributed by atoms with Gasteiger partial charge in [0, 0.05) is 24.8 Å². The monoisotopic (exact) mass is 250 g/mol. The maximum atomic E-state index is 4.26. The van der Waals surface area contributed by atoms with Gasteiger partial charge < -0.3 is 10.2 Å². The molecule has 1 aromatic rings. The number of nitrogens with one attached hydrogen (secondary N) is 1. The number of likely N-dealkylation sites (tertiary alicyclic amines) is 1. The lowest BCUT2D eigenvalue weighted by molar-refractivity contribution is 0.225. The number of hydrogen-bond donors (Lipinski definition) is 1. The number of piperidine rings is 1. The summed E-state index contributed by atoms with van der Waals surface area (Å²) in [5, 5.41) is 7.77. The van der Waals surface area contributed by atoms with Crippen LogP contribution in [-0.2, 0) is 13.6 Å². The number of rotatable bonds is 6. The van der Waals surface area contributed by atoms with Crippen molar-refractivity contribution in [1.82, 2.24) is 20.0 Å². The molecular weight excluding hydrogens is 224 g/mol. The fourth-order valence-electron chi connectivity index (χ4n) is 2.55. The molecule has 4 nitrogen and oxygen atoms in total. The van der Waals surface area contributed by atoms with Gasteiger partial charge in [0.05, 0.1) is 6.20 Å². The van der Waals surface area contributed by atoms with Crippen LogP contribution < -0.4 is 5.32 Å².